The summed E-state index contributed by atoms with van der Waals surface area (Å²) in [6.07, 6.45) is 2.99. The van der Waals surface area contributed by atoms with Gasteiger partial charge in [-0.25, -0.2) is 9.46 Å². The number of phosphoric ester groups is 1. The number of nitro benzene ring substituents is 1. The maximum atomic E-state index is 13.6. The molecule has 1 aliphatic carbocycles. The second-order valence-electron chi connectivity index (χ2n) is 8.90. The molecular weight excluding hydrogens is 505 g/mol. The highest BCUT2D eigenvalue weighted by Gasteiger charge is 2.45. The number of carbonyl (C=O) groups excluding carboxylic acids is 2. The number of carbonyl (C=O) groups is 2. The van der Waals surface area contributed by atoms with Gasteiger partial charge in [-0.15, -0.1) is 0 Å². The Morgan fingerprint density at radius 2 is 1.76 bits per heavy atom. The molecule has 0 radical (unpaired) electrons. The lowest BCUT2D eigenvalue weighted by molar-refractivity contribution is -0.384. The zero-order valence-corrected chi connectivity index (χ0v) is 20.4. The number of hydrogen-bond donors (Lipinski definition) is 3. The van der Waals surface area contributed by atoms with E-state index in [0.29, 0.717) is 26.9 Å². The summed E-state index contributed by atoms with van der Waals surface area (Å²) < 4.78 is 17.4. The Kier molecular flexibility index (Phi) is 5.55. The maximum Gasteiger partial charge on any atom is 0.471 e. The minimum atomic E-state index is -5.02. The summed E-state index contributed by atoms with van der Waals surface area (Å²) in [6, 6.07) is 10.9. The van der Waals surface area contributed by atoms with Gasteiger partial charge in [0.1, 0.15) is 12.3 Å². The molecule has 3 N–H and O–H groups in total. The molecule has 0 saturated heterocycles. The molecule has 13 heteroatoms. The van der Waals surface area contributed by atoms with Crippen LogP contribution in [0.3, 0.4) is 0 Å². The van der Waals surface area contributed by atoms with Gasteiger partial charge in [0.15, 0.2) is 0 Å². The van der Waals surface area contributed by atoms with Crippen molar-refractivity contribution >= 4 is 47.4 Å². The molecular formula is C24H20N3O9P. The number of aliphatic hydroxyl groups is 1. The van der Waals surface area contributed by atoms with E-state index in [2.05, 4.69) is 4.52 Å². The number of imide groups is 1. The van der Waals surface area contributed by atoms with E-state index in [1.165, 1.54) is 31.2 Å². The van der Waals surface area contributed by atoms with Crippen LogP contribution in [0.5, 0.6) is 0 Å². The topological polar surface area (TPSA) is 172 Å². The van der Waals surface area contributed by atoms with Gasteiger partial charge in [0, 0.05) is 36.3 Å². The average Bonchev–Trinajstić information content (AvgIpc) is 3.38. The Morgan fingerprint density at radius 1 is 1.08 bits per heavy atom. The molecule has 1 aliphatic heterocycles. The largest absolute Gasteiger partial charge is 0.471 e. The lowest BCUT2D eigenvalue weighted by Crippen LogP contribution is -2.33. The Balaban J connectivity index is 1.76. The molecule has 5 rings (SSSR count). The summed E-state index contributed by atoms with van der Waals surface area (Å²) in [5.41, 5.74) is 0.203. The van der Waals surface area contributed by atoms with Gasteiger partial charge in [0.2, 0.25) is 0 Å². The molecule has 0 fully saturated rings. The highest BCUT2D eigenvalue weighted by atomic mass is 31.2. The van der Waals surface area contributed by atoms with E-state index in [1.807, 2.05) is 0 Å². The first kappa shape index (κ1) is 24.8. The molecule has 1 atom stereocenters. The number of rotatable bonds is 6. The number of aromatic nitrogens is 1. The van der Waals surface area contributed by atoms with Crippen molar-refractivity contribution in [1.29, 1.82) is 0 Å². The molecule has 2 aromatic carbocycles. The highest BCUT2D eigenvalue weighted by Crippen LogP contribution is 2.48. The first-order valence-electron chi connectivity index (χ1n) is 10.9. The molecule has 2 heterocycles. The van der Waals surface area contributed by atoms with Crippen molar-refractivity contribution in [2.45, 2.75) is 12.5 Å². The molecule has 2 amide bonds. The monoisotopic (exact) mass is 525 g/mol. The van der Waals surface area contributed by atoms with E-state index in [0.717, 1.165) is 0 Å². The van der Waals surface area contributed by atoms with Gasteiger partial charge < -0.3 is 19.5 Å². The van der Waals surface area contributed by atoms with E-state index < -0.39 is 36.9 Å². The smallest absolute Gasteiger partial charge is 0.381 e. The summed E-state index contributed by atoms with van der Waals surface area (Å²) in [7, 11) is -3.39. The normalized spacial score (nSPS) is 19.7. The summed E-state index contributed by atoms with van der Waals surface area (Å²) in [4.78, 5) is 56.8. The van der Waals surface area contributed by atoms with Gasteiger partial charge >= 0.3 is 7.82 Å². The Morgan fingerprint density at radius 3 is 2.43 bits per heavy atom. The number of non-ortho nitro benzene ring substituents is 1. The quantitative estimate of drug-likeness (QED) is 0.189. The fourth-order valence-electron chi connectivity index (χ4n) is 4.81. The van der Waals surface area contributed by atoms with Crippen LogP contribution >= 0.6 is 7.82 Å². The third kappa shape index (κ3) is 4.01. The molecule has 1 unspecified atom stereocenters. The number of nitrogens with zero attached hydrogens (tertiary/aromatic N) is 3. The molecule has 12 nitrogen and oxygen atoms in total. The predicted octanol–water partition coefficient (Wildman–Crippen LogP) is 2.58. The molecule has 1 aromatic heterocycles. The number of phosphoric acid groups is 1. The Hall–Kier alpha value is -3.93. The number of nitro groups is 1. The number of fused-ring (bicyclic) bond motifs is 2. The van der Waals surface area contributed by atoms with Crippen LogP contribution in [0.1, 0.15) is 23.6 Å². The lowest BCUT2D eigenvalue weighted by Gasteiger charge is -2.15. The van der Waals surface area contributed by atoms with Crippen molar-refractivity contribution in [1.82, 2.24) is 9.47 Å². The number of aryl methyl sites for hydroxylation is 1. The van der Waals surface area contributed by atoms with Gasteiger partial charge in [0.05, 0.1) is 21.6 Å². The van der Waals surface area contributed by atoms with Crippen LogP contribution in [0.15, 0.2) is 60.3 Å². The van der Waals surface area contributed by atoms with Crippen molar-refractivity contribution in [2.24, 2.45) is 7.05 Å². The van der Waals surface area contributed by atoms with Crippen molar-refractivity contribution < 1.29 is 38.5 Å². The SMILES string of the molecule is Cn1cc(C2=C(C3=CC(C)(O)c4ccccc43)C(=O)N(COP(=O)(O)O)C2=O)c2ccc([N+](=O)[O-])cc21. The standard InChI is InChI=1S/C24H20N3O9P/c1-24(30)10-16(14-5-3-4-6-18(14)24)20-21(23(29)26(22(20)28)12-36-37(33,34)35)17-11-25(2)19-9-13(27(31)32)7-8-15(17)19/h3-11,30H,12H2,1-2H3,(H2,33,34,35). The van der Waals surface area contributed by atoms with Gasteiger partial charge in [0.25, 0.3) is 17.5 Å². The van der Waals surface area contributed by atoms with Crippen LogP contribution in [-0.2, 0) is 31.3 Å². The first-order valence-corrected chi connectivity index (χ1v) is 12.4. The van der Waals surface area contributed by atoms with Crippen LogP contribution < -0.4 is 0 Å². The van der Waals surface area contributed by atoms with Crippen LogP contribution in [0, 0.1) is 10.1 Å². The Labute approximate surface area is 209 Å². The minimum absolute atomic E-state index is 0.0856. The van der Waals surface area contributed by atoms with Crippen molar-refractivity contribution in [3.63, 3.8) is 0 Å². The van der Waals surface area contributed by atoms with Crippen LogP contribution in [0.2, 0.25) is 0 Å². The molecule has 2 aliphatic rings. The molecule has 0 spiro atoms. The van der Waals surface area contributed by atoms with Gasteiger partial charge in [-0.3, -0.25) is 24.2 Å². The number of amides is 2. The summed E-state index contributed by atoms with van der Waals surface area (Å²) in [5.74, 6) is -1.74. The van der Waals surface area contributed by atoms with Crippen molar-refractivity contribution in [3.8, 4) is 0 Å². The second-order valence-corrected chi connectivity index (χ2v) is 10.1. The summed E-state index contributed by atoms with van der Waals surface area (Å²) in [6.45, 7) is 0.530. The molecule has 0 bridgehead atoms. The fourth-order valence-corrected chi connectivity index (χ4v) is 5.08. The van der Waals surface area contributed by atoms with Gasteiger partial charge in [-0.1, -0.05) is 24.3 Å². The predicted molar refractivity (Wildman–Crippen MR) is 130 cm³/mol. The molecule has 190 valence electrons. The number of benzene rings is 2. The summed E-state index contributed by atoms with van der Waals surface area (Å²) in [5, 5.41) is 22.7. The van der Waals surface area contributed by atoms with E-state index in [1.54, 1.807) is 42.1 Å². The molecule has 37 heavy (non-hydrogen) atoms. The third-order valence-corrected chi connectivity index (χ3v) is 6.89. The Bertz CT molecular complexity index is 1640. The fraction of sp³-hybridized carbons (Fsp3) is 0.167. The minimum Gasteiger partial charge on any atom is -0.381 e. The van der Waals surface area contributed by atoms with Gasteiger partial charge in [-0.2, -0.15) is 0 Å². The third-order valence-electron chi connectivity index (χ3n) is 6.43. The molecule has 0 saturated carbocycles. The van der Waals surface area contributed by atoms with Crippen molar-refractivity contribution in [3.05, 3.63) is 87.1 Å². The van der Waals surface area contributed by atoms with E-state index >= 15 is 0 Å². The van der Waals surface area contributed by atoms with Crippen LogP contribution in [-0.4, -0.2) is 47.8 Å². The van der Waals surface area contributed by atoms with E-state index in [4.69, 9.17) is 9.79 Å². The molecule has 3 aromatic rings. The highest BCUT2D eigenvalue weighted by molar-refractivity contribution is 7.46. The van der Waals surface area contributed by atoms with Crippen LogP contribution in [0.25, 0.3) is 22.0 Å². The second kappa shape index (κ2) is 8.30. The summed E-state index contributed by atoms with van der Waals surface area (Å²) >= 11 is 0. The number of hydrogen-bond acceptors (Lipinski definition) is 7. The zero-order chi connectivity index (χ0) is 26.9. The van der Waals surface area contributed by atoms with Gasteiger partial charge in [-0.05, 0) is 35.8 Å². The average molecular weight is 525 g/mol. The first-order chi connectivity index (χ1) is 17.3. The maximum absolute atomic E-state index is 13.6. The zero-order valence-electron chi connectivity index (χ0n) is 19.5. The van der Waals surface area contributed by atoms with Crippen molar-refractivity contribution in [2.75, 3.05) is 6.73 Å². The lowest BCUT2D eigenvalue weighted by atomic mass is 9.92. The van der Waals surface area contributed by atoms with E-state index in [9.17, 15) is 29.4 Å². The van der Waals surface area contributed by atoms with E-state index in [-0.39, 0.29) is 28.0 Å². The van der Waals surface area contributed by atoms with Crippen LogP contribution in [0.4, 0.5) is 5.69 Å².